The molecule has 116 valence electrons. The number of carboxylic acids is 1. The Morgan fingerprint density at radius 2 is 2.29 bits per heavy atom. The van der Waals surface area contributed by atoms with Gasteiger partial charge in [-0.3, -0.25) is 9.59 Å². The Balaban J connectivity index is 1.78. The standard InChI is InChI=1S/C15H21NO4S/c1-11-5-6-12(21-11)3-2-4-13(17)16-15(9-14(18)19)7-8-20-10-15/h5-6H,2-4,7-10H2,1H3,(H,16,17)(H,18,19). The molecule has 1 aliphatic rings. The van der Waals surface area contributed by atoms with E-state index in [1.165, 1.54) is 9.75 Å². The van der Waals surface area contributed by atoms with Crippen LogP contribution in [0.5, 0.6) is 0 Å². The van der Waals surface area contributed by atoms with Crippen molar-refractivity contribution in [2.45, 2.75) is 44.6 Å². The third-order valence-corrected chi connectivity index (χ3v) is 4.68. The molecule has 21 heavy (non-hydrogen) atoms. The normalized spacial score (nSPS) is 21.4. The van der Waals surface area contributed by atoms with E-state index < -0.39 is 11.5 Å². The summed E-state index contributed by atoms with van der Waals surface area (Å²) < 4.78 is 5.26. The Morgan fingerprint density at radius 1 is 1.48 bits per heavy atom. The lowest BCUT2D eigenvalue weighted by Crippen LogP contribution is -2.50. The van der Waals surface area contributed by atoms with E-state index in [4.69, 9.17) is 9.84 Å². The van der Waals surface area contributed by atoms with Crippen LogP contribution in [-0.4, -0.2) is 35.7 Å². The van der Waals surface area contributed by atoms with E-state index in [9.17, 15) is 9.59 Å². The molecule has 0 bridgehead atoms. The molecule has 1 fully saturated rings. The molecule has 2 heterocycles. The Morgan fingerprint density at radius 3 is 2.86 bits per heavy atom. The van der Waals surface area contributed by atoms with Gasteiger partial charge in [-0.15, -0.1) is 11.3 Å². The molecule has 2 N–H and O–H groups in total. The van der Waals surface area contributed by atoms with Gasteiger partial charge in [0.15, 0.2) is 0 Å². The smallest absolute Gasteiger partial charge is 0.305 e. The van der Waals surface area contributed by atoms with Crippen LogP contribution in [-0.2, 0) is 20.7 Å². The molecule has 5 nitrogen and oxygen atoms in total. The molecule has 0 saturated carbocycles. The number of ether oxygens (including phenoxy) is 1. The van der Waals surface area contributed by atoms with Crippen molar-refractivity contribution in [3.05, 3.63) is 21.9 Å². The van der Waals surface area contributed by atoms with Crippen molar-refractivity contribution >= 4 is 23.2 Å². The average molecular weight is 311 g/mol. The molecule has 0 radical (unpaired) electrons. The van der Waals surface area contributed by atoms with Crippen molar-refractivity contribution in [3.8, 4) is 0 Å². The van der Waals surface area contributed by atoms with Crippen LogP contribution in [0.1, 0.15) is 35.4 Å². The number of carbonyl (C=O) groups excluding carboxylic acids is 1. The van der Waals surface area contributed by atoms with Gasteiger partial charge in [0, 0.05) is 22.8 Å². The first-order valence-corrected chi connectivity index (χ1v) is 7.97. The van der Waals surface area contributed by atoms with E-state index in [0.717, 1.165) is 12.8 Å². The van der Waals surface area contributed by atoms with Crippen LogP contribution in [0.15, 0.2) is 12.1 Å². The highest BCUT2D eigenvalue weighted by Crippen LogP contribution is 2.23. The highest BCUT2D eigenvalue weighted by molar-refractivity contribution is 7.11. The maximum atomic E-state index is 12.0. The summed E-state index contributed by atoms with van der Waals surface area (Å²) in [5.41, 5.74) is -0.720. The number of rotatable bonds is 7. The number of hydrogen-bond acceptors (Lipinski definition) is 4. The average Bonchev–Trinajstić information content (AvgIpc) is 2.98. The third kappa shape index (κ3) is 4.82. The van der Waals surface area contributed by atoms with Crippen molar-refractivity contribution in [1.82, 2.24) is 5.32 Å². The fraction of sp³-hybridized carbons (Fsp3) is 0.600. The number of amides is 1. The molecule has 0 aliphatic carbocycles. The number of carboxylic acid groups (broad SMARTS) is 1. The van der Waals surface area contributed by atoms with Gasteiger partial charge >= 0.3 is 5.97 Å². The van der Waals surface area contributed by atoms with Crippen molar-refractivity contribution in [2.75, 3.05) is 13.2 Å². The molecule has 0 aromatic carbocycles. The summed E-state index contributed by atoms with van der Waals surface area (Å²) in [5, 5.41) is 11.8. The maximum absolute atomic E-state index is 12.0. The van der Waals surface area contributed by atoms with Crippen LogP contribution in [0.2, 0.25) is 0 Å². The van der Waals surface area contributed by atoms with Gasteiger partial charge in [0.2, 0.25) is 5.91 Å². The minimum absolute atomic E-state index is 0.0805. The quantitative estimate of drug-likeness (QED) is 0.809. The summed E-state index contributed by atoms with van der Waals surface area (Å²) >= 11 is 1.75. The zero-order chi connectivity index (χ0) is 15.3. The van der Waals surface area contributed by atoms with E-state index in [1.807, 2.05) is 0 Å². The highest BCUT2D eigenvalue weighted by atomic mass is 32.1. The fourth-order valence-electron chi connectivity index (χ4n) is 2.58. The van der Waals surface area contributed by atoms with Gasteiger partial charge in [0.1, 0.15) is 0 Å². The second-order valence-electron chi connectivity index (χ2n) is 5.57. The van der Waals surface area contributed by atoms with Gasteiger partial charge in [-0.2, -0.15) is 0 Å². The number of carbonyl (C=O) groups is 2. The second kappa shape index (κ2) is 7.04. The zero-order valence-electron chi connectivity index (χ0n) is 12.2. The Labute approximate surface area is 128 Å². The zero-order valence-corrected chi connectivity index (χ0v) is 13.0. The van der Waals surface area contributed by atoms with E-state index >= 15 is 0 Å². The van der Waals surface area contributed by atoms with Crippen LogP contribution in [0.3, 0.4) is 0 Å². The summed E-state index contributed by atoms with van der Waals surface area (Å²) in [6.07, 6.45) is 2.56. The Bertz CT molecular complexity index is 506. The Hall–Kier alpha value is -1.40. The van der Waals surface area contributed by atoms with Crippen LogP contribution >= 0.6 is 11.3 Å². The lowest BCUT2D eigenvalue weighted by atomic mass is 9.94. The molecule has 2 rings (SSSR count). The van der Waals surface area contributed by atoms with E-state index in [0.29, 0.717) is 19.4 Å². The van der Waals surface area contributed by atoms with Crippen molar-refractivity contribution in [3.63, 3.8) is 0 Å². The van der Waals surface area contributed by atoms with Gasteiger partial charge in [0.25, 0.3) is 0 Å². The predicted octanol–water partition coefficient (Wildman–Crippen LogP) is 2.13. The molecule has 1 saturated heterocycles. The van der Waals surface area contributed by atoms with Gasteiger partial charge in [-0.25, -0.2) is 0 Å². The van der Waals surface area contributed by atoms with E-state index in [-0.39, 0.29) is 18.9 Å². The monoisotopic (exact) mass is 311 g/mol. The first-order chi connectivity index (χ1) is 9.99. The van der Waals surface area contributed by atoms with E-state index in [2.05, 4.69) is 24.4 Å². The number of aliphatic carboxylic acids is 1. The molecular weight excluding hydrogens is 290 g/mol. The molecular formula is C15H21NO4S. The first-order valence-electron chi connectivity index (χ1n) is 7.15. The molecule has 0 spiro atoms. The molecule has 1 aromatic rings. The number of nitrogens with one attached hydrogen (secondary N) is 1. The molecule has 1 aliphatic heterocycles. The predicted molar refractivity (Wildman–Crippen MR) is 80.6 cm³/mol. The maximum Gasteiger partial charge on any atom is 0.305 e. The summed E-state index contributed by atoms with van der Waals surface area (Å²) in [5.74, 6) is -0.995. The third-order valence-electron chi connectivity index (χ3n) is 3.62. The van der Waals surface area contributed by atoms with Gasteiger partial charge in [-0.05, 0) is 38.3 Å². The fourth-order valence-corrected chi connectivity index (χ4v) is 3.51. The summed E-state index contributed by atoms with van der Waals surface area (Å²) in [6.45, 7) is 2.85. The molecule has 1 amide bonds. The first kappa shape index (κ1) is 16.0. The summed E-state index contributed by atoms with van der Waals surface area (Å²) in [4.78, 5) is 25.5. The summed E-state index contributed by atoms with van der Waals surface area (Å²) in [7, 11) is 0. The van der Waals surface area contributed by atoms with Crippen LogP contribution in [0.25, 0.3) is 0 Å². The molecule has 1 atom stereocenters. The highest BCUT2D eigenvalue weighted by Gasteiger charge is 2.38. The van der Waals surface area contributed by atoms with Gasteiger partial charge < -0.3 is 15.2 Å². The largest absolute Gasteiger partial charge is 0.481 e. The SMILES string of the molecule is Cc1ccc(CCCC(=O)NC2(CC(=O)O)CCOC2)s1. The number of aryl methyl sites for hydroxylation is 2. The number of thiophene rings is 1. The van der Waals surface area contributed by atoms with Gasteiger partial charge in [0.05, 0.1) is 18.6 Å². The molecule has 6 heteroatoms. The van der Waals surface area contributed by atoms with Crippen molar-refractivity contribution in [2.24, 2.45) is 0 Å². The van der Waals surface area contributed by atoms with Crippen molar-refractivity contribution in [1.29, 1.82) is 0 Å². The van der Waals surface area contributed by atoms with Crippen LogP contribution in [0.4, 0.5) is 0 Å². The lowest BCUT2D eigenvalue weighted by Gasteiger charge is -2.27. The van der Waals surface area contributed by atoms with Gasteiger partial charge in [-0.1, -0.05) is 0 Å². The minimum Gasteiger partial charge on any atom is -0.481 e. The number of hydrogen-bond donors (Lipinski definition) is 2. The molecule has 1 aromatic heterocycles. The van der Waals surface area contributed by atoms with E-state index in [1.54, 1.807) is 11.3 Å². The van der Waals surface area contributed by atoms with Crippen molar-refractivity contribution < 1.29 is 19.4 Å². The summed E-state index contributed by atoms with van der Waals surface area (Å²) in [6, 6.07) is 4.17. The van der Waals surface area contributed by atoms with Crippen LogP contribution in [0, 0.1) is 6.92 Å². The second-order valence-corrected chi connectivity index (χ2v) is 6.94. The topological polar surface area (TPSA) is 75.6 Å². The molecule has 1 unspecified atom stereocenters. The lowest BCUT2D eigenvalue weighted by molar-refractivity contribution is -0.139. The minimum atomic E-state index is -0.908. The Kier molecular flexibility index (Phi) is 5.36. The van der Waals surface area contributed by atoms with Crippen LogP contribution < -0.4 is 5.32 Å².